The number of hydrogen-bond acceptors (Lipinski definition) is 4. The summed E-state index contributed by atoms with van der Waals surface area (Å²) in [5.41, 5.74) is 3.09. The van der Waals surface area contributed by atoms with Crippen LogP contribution in [0.1, 0.15) is 24.2 Å². The van der Waals surface area contributed by atoms with Gasteiger partial charge in [0.25, 0.3) is 0 Å². The van der Waals surface area contributed by atoms with E-state index in [1.165, 1.54) is 0 Å². The third kappa shape index (κ3) is 4.14. The summed E-state index contributed by atoms with van der Waals surface area (Å²) >= 11 is 0. The van der Waals surface area contributed by atoms with Crippen molar-refractivity contribution in [2.75, 3.05) is 6.61 Å². The summed E-state index contributed by atoms with van der Waals surface area (Å²) in [4.78, 5) is 30.5. The van der Waals surface area contributed by atoms with Crippen LogP contribution in [-0.2, 0) is 16.0 Å². The SMILES string of the molecule is O=C(O)C[C@@H]1C[C@@H](COc2ccc(Cc3nc4ccccc4[nH]3)cc2)NC1=O. The molecule has 144 valence electrons. The average molecular weight is 379 g/mol. The molecular weight excluding hydrogens is 358 g/mol. The maximum absolute atomic E-state index is 11.8. The zero-order valence-corrected chi connectivity index (χ0v) is 15.2. The number of aromatic amines is 1. The number of nitrogens with zero attached hydrogens (tertiary/aromatic N) is 1. The number of ether oxygens (including phenoxy) is 1. The molecule has 1 aliphatic rings. The van der Waals surface area contributed by atoms with E-state index in [2.05, 4.69) is 15.3 Å². The smallest absolute Gasteiger partial charge is 0.304 e. The molecule has 2 aromatic carbocycles. The Morgan fingerprint density at radius 2 is 1.96 bits per heavy atom. The van der Waals surface area contributed by atoms with Crippen molar-refractivity contribution in [2.24, 2.45) is 5.92 Å². The number of carboxylic acids is 1. The molecule has 0 bridgehead atoms. The number of aromatic nitrogens is 2. The number of benzene rings is 2. The number of rotatable bonds is 7. The number of carbonyl (C=O) groups excluding carboxylic acids is 1. The molecule has 1 aliphatic heterocycles. The minimum atomic E-state index is -0.957. The van der Waals surface area contributed by atoms with E-state index in [1.54, 1.807) is 0 Å². The highest BCUT2D eigenvalue weighted by atomic mass is 16.5. The van der Waals surface area contributed by atoms with Gasteiger partial charge in [0.1, 0.15) is 18.2 Å². The van der Waals surface area contributed by atoms with Crippen LogP contribution in [-0.4, -0.2) is 39.6 Å². The van der Waals surface area contributed by atoms with Gasteiger partial charge in [-0.25, -0.2) is 4.98 Å². The van der Waals surface area contributed by atoms with Crippen LogP contribution in [0.2, 0.25) is 0 Å². The monoisotopic (exact) mass is 379 g/mol. The molecule has 0 saturated carbocycles. The summed E-state index contributed by atoms with van der Waals surface area (Å²) in [6.45, 7) is 0.324. The van der Waals surface area contributed by atoms with Crippen LogP contribution in [0.5, 0.6) is 5.75 Å². The number of hydrogen-bond donors (Lipinski definition) is 3. The number of H-pyrrole nitrogens is 1. The second kappa shape index (κ2) is 7.72. The number of nitrogens with one attached hydrogen (secondary N) is 2. The summed E-state index contributed by atoms with van der Waals surface area (Å²) in [6.07, 6.45) is 1.04. The van der Waals surface area contributed by atoms with E-state index in [0.29, 0.717) is 25.2 Å². The zero-order valence-electron chi connectivity index (χ0n) is 15.2. The van der Waals surface area contributed by atoms with Gasteiger partial charge in [-0.2, -0.15) is 0 Å². The van der Waals surface area contributed by atoms with Crippen LogP contribution in [0, 0.1) is 5.92 Å². The summed E-state index contributed by atoms with van der Waals surface area (Å²) in [7, 11) is 0. The summed E-state index contributed by atoms with van der Waals surface area (Å²) in [6, 6.07) is 15.5. The predicted octanol–water partition coefficient (Wildman–Crippen LogP) is 2.51. The molecule has 2 heterocycles. The van der Waals surface area contributed by atoms with E-state index >= 15 is 0 Å². The standard InChI is InChI=1S/C21H21N3O4/c25-20(26)11-14-10-15(22-21(14)27)12-28-16-7-5-13(6-8-16)9-19-23-17-3-1-2-4-18(17)24-19/h1-8,14-15H,9-12H2,(H,22,27)(H,23,24)(H,25,26)/t14-,15-/m0/s1. The fourth-order valence-electron chi connectivity index (χ4n) is 3.51. The average Bonchev–Trinajstić information content (AvgIpc) is 3.23. The molecule has 7 nitrogen and oxygen atoms in total. The Hall–Kier alpha value is -3.35. The van der Waals surface area contributed by atoms with Gasteiger partial charge in [0, 0.05) is 6.42 Å². The lowest BCUT2D eigenvalue weighted by molar-refractivity contribution is -0.140. The minimum Gasteiger partial charge on any atom is -0.491 e. The summed E-state index contributed by atoms with van der Waals surface area (Å²) in [5, 5.41) is 11.6. The molecule has 1 amide bonds. The van der Waals surface area contributed by atoms with Gasteiger partial charge in [-0.3, -0.25) is 9.59 Å². The van der Waals surface area contributed by atoms with Gasteiger partial charge in [0.2, 0.25) is 5.91 Å². The molecular formula is C21H21N3O4. The molecule has 1 saturated heterocycles. The molecule has 28 heavy (non-hydrogen) atoms. The van der Waals surface area contributed by atoms with Crippen LogP contribution < -0.4 is 10.1 Å². The Balaban J connectivity index is 1.31. The number of imidazole rings is 1. The number of carboxylic acid groups (broad SMARTS) is 1. The molecule has 2 atom stereocenters. The van der Waals surface area contributed by atoms with Gasteiger partial charge >= 0.3 is 5.97 Å². The van der Waals surface area contributed by atoms with Gasteiger partial charge in [-0.15, -0.1) is 0 Å². The normalized spacial score (nSPS) is 18.9. The molecule has 1 fully saturated rings. The van der Waals surface area contributed by atoms with Crippen LogP contribution in [0.4, 0.5) is 0 Å². The highest BCUT2D eigenvalue weighted by Crippen LogP contribution is 2.21. The number of aliphatic carboxylic acids is 1. The van der Waals surface area contributed by atoms with Gasteiger partial charge in [-0.1, -0.05) is 24.3 Å². The lowest BCUT2D eigenvalue weighted by atomic mass is 10.0. The molecule has 0 unspecified atom stereocenters. The molecule has 0 aliphatic carbocycles. The van der Waals surface area contributed by atoms with E-state index < -0.39 is 11.9 Å². The fourth-order valence-corrected chi connectivity index (χ4v) is 3.51. The van der Waals surface area contributed by atoms with Crippen LogP contribution >= 0.6 is 0 Å². The van der Waals surface area contributed by atoms with E-state index in [1.807, 2.05) is 48.5 Å². The number of amides is 1. The fraction of sp³-hybridized carbons (Fsp3) is 0.286. The highest BCUT2D eigenvalue weighted by molar-refractivity contribution is 5.85. The molecule has 1 aromatic heterocycles. The third-order valence-corrected chi connectivity index (χ3v) is 4.89. The van der Waals surface area contributed by atoms with Crippen LogP contribution in [0.25, 0.3) is 11.0 Å². The Bertz CT molecular complexity index is 963. The lowest BCUT2D eigenvalue weighted by Gasteiger charge is -2.12. The Morgan fingerprint density at radius 1 is 1.18 bits per heavy atom. The zero-order chi connectivity index (χ0) is 19.5. The maximum atomic E-state index is 11.8. The van der Waals surface area contributed by atoms with Gasteiger partial charge in [0.15, 0.2) is 0 Å². The Labute approximate surface area is 161 Å². The van der Waals surface area contributed by atoms with Gasteiger partial charge < -0.3 is 20.1 Å². The number of para-hydroxylation sites is 2. The van der Waals surface area contributed by atoms with E-state index in [-0.39, 0.29) is 18.4 Å². The topological polar surface area (TPSA) is 104 Å². The number of fused-ring (bicyclic) bond motifs is 1. The van der Waals surface area contributed by atoms with Crippen molar-refractivity contribution in [3.05, 3.63) is 59.9 Å². The van der Waals surface area contributed by atoms with E-state index in [9.17, 15) is 9.59 Å². The first kappa shape index (κ1) is 18.0. The van der Waals surface area contributed by atoms with Gasteiger partial charge in [-0.05, 0) is 36.2 Å². The maximum Gasteiger partial charge on any atom is 0.304 e. The molecule has 3 N–H and O–H groups in total. The van der Waals surface area contributed by atoms with Crippen molar-refractivity contribution in [1.82, 2.24) is 15.3 Å². The largest absolute Gasteiger partial charge is 0.491 e. The summed E-state index contributed by atoms with van der Waals surface area (Å²) < 4.78 is 5.76. The van der Waals surface area contributed by atoms with Gasteiger partial charge in [0.05, 0.1) is 29.4 Å². The van der Waals surface area contributed by atoms with Crippen molar-refractivity contribution in [3.63, 3.8) is 0 Å². The lowest BCUT2D eigenvalue weighted by Crippen LogP contribution is -2.31. The molecule has 3 aromatic rings. The Kier molecular flexibility index (Phi) is 4.97. The van der Waals surface area contributed by atoms with Crippen molar-refractivity contribution in [1.29, 1.82) is 0 Å². The Morgan fingerprint density at radius 3 is 2.71 bits per heavy atom. The highest BCUT2D eigenvalue weighted by Gasteiger charge is 2.33. The molecule has 0 spiro atoms. The van der Waals surface area contributed by atoms with Crippen molar-refractivity contribution >= 4 is 22.9 Å². The molecule has 7 heteroatoms. The summed E-state index contributed by atoms with van der Waals surface area (Å²) in [5.74, 6) is -0.0199. The molecule has 0 radical (unpaired) electrons. The van der Waals surface area contributed by atoms with Crippen molar-refractivity contribution in [3.8, 4) is 5.75 Å². The van der Waals surface area contributed by atoms with Crippen molar-refractivity contribution in [2.45, 2.75) is 25.3 Å². The van der Waals surface area contributed by atoms with E-state index in [4.69, 9.17) is 9.84 Å². The van der Waals surface area contributed by atoms with Crippen LogP contribution in [0.3, 0.4) is 0 Å². The van der Waals surface area contributed by atoms with Crippen molar-refractivity contribution < 1.29 is 19.4 Å². The second-order valence-electron chi connectivity index (χ2n) is 7.07. The first-order valence-corrected chi connectivity index (χ1v) is 9.24. The quantitative estimate of drug-likeness (QED) is 0.585. The van der Waals surface area contributed by atoms with E-state index in [0.717, 1.165) is 22.4 Å². The first-order chi connectivity index (χ1) is 13.6. The molecule has 4 rings (SSSR count). The first-order valence-electron chi connectivity index (χ1n) is 9.24. The van der Waals surface area contributed by atoms with Crippen LogP contribution in [0.15, 0.2) is 48.5 Å². The third-order valence-electron chi connectivity index (χ3n) is 4.89. The number of carbonyl (C=O) groups is 2. The predicted molar refractivity (Wildman–Crippen MR) is 103 cm³/mol. The minimum absolute atomic E-state index is 0.140. The second-order valence-corrected chi connectivity index (χ2v) is 7.07.